The van der Waals surface area contributed by atoms with Crippen LogP contribution in [0.5, 0.6) is 5.75 Å². The molecule has 0 aromatic heterocycles. The summed E-state index contributed by atoms with van der Waals surface area (Å²) in [5.74, 6) is 1.58. The summed E-state index contributed by atoms with van der Waals surface area (Å²) in [6, 6.07) is 6.50. The van der Waals surface area contributed by atoms with Gasteiger partial charge in [0, 0.05) is 6.42 Å². The fourth-order valence-electron chi connectivity index (χ4n) is 2.50. The Labute approximate surface area is 129 Å². The van der Waals surface area contributed by atoms with Gasteiger partial charge >= 0.3 is 0 Å². The minimum Gasteiger partial charge on any atom is -0.493 e. The van der Waals surface area contributed by atoms with E-state index in [0.29, 0.717) is 12.3 Å². The first-order valence-corrected chi connectivity index (χ1v) is 7.99. The van der Waals surface area contributed by atoms with E-state index < -0.39 is 0 Å². The van der Waals surface area contributed by atoms with Crippen LogP contribution in [0.2, 0.25) is 0 Å². The van der Waals surface area contributed by atoms with Crippen LogP contribution in [-0.4, -0.2) is 12.4 Å². The molecule has 1 aromatic rings. The van der Waals surface area contributed by atoms with Crippen molar-refractivity contribution in [1.29, 1.82) is 0 Å². The van der Waals surface area contributed by atoms with Gasteiger partial charge < -0.3 is 9.53 Å². The number of hydrogen-bond donors (Lipinski definition) is 0. The van der Waals surface area contributed by atoms with E-state index in [4.69, 9.17) is 4.74 Å². The number of hydrogen-bond acceptors (Lipinski definition) is 2. The number of benzene rings is 1. The van der Waals surface area contributed by atoms with E-state index in [0.717, 1.165) is 25.2 Å². The van der Waals surface area contributed by atoms with Gasteiger partial charge in [-0.05, 0) is 48.3 Å². The molecule has 0 N–H and O–H groups in total. The lowest BCUT2D eigenvalue weighted by molar-refractivity contribution is -0.117. The molecule has 2 nitrogen and oxygen atoms in total. The quantitative estimate of drug-likeness (QED) is 0.711. The van der Waals surface area contributed by atoms with Gasteiger partial charge in [0.05, 0.1) is 6.61 Å². The lowest BCUT2D eigenvalue weighted by Crippen LogP contribution is -2.13. The van der Waals surface area contributed by atoms with Crippen molar-refractivity contribution in [3.05, 3.63) is 29.3 Å². The van der Waals surface area contributed by atoms with Crippen LogP contribution < -0.4 is 4.74 Å². The molecule has 0 saturated heterocycles. The molecule has 21 heavy (non-hydrogen) atoms. The lowest BCUT2D eigenvalue weighted by atomic mass is 9.84. The predicted molar refractivity (Wildman–Crippen MR) is 89.1 cm³/mol. The normalized spacial score (nSPS) is 13.0. The molecule has 0 aliphatic carbocycles. The fourth-order valence-corrected chi connectivity index (χ4v) is 2.50. The second kappa shape index (κ2) is 7.63. The maximum atomic E-state index is 11.3. The van der Waals surface area contributed by atoms with Crippen molar-refractivity contribution >= 4 is 5.78 Å². The average molecular weight is 290 g/mol. The smallest absolute Gasteiger partial charge is 0.130 e. The Morgan fingerprint density at radius 2 is 1.95 bits per heavy atom. The van der Waals surface area contributed by atoms with Crippen LogP contribution >= 0.6 is 0 Å². The van der Waals surface area contributed by atoms with Crippen LogP contribution in [0.25, 0.3) is 0 Å². The number of ether oxygens (including phenoxy) is 1. The van der Waals surface area contributed by atoms with Gasteiger partial charge in [-0.3, -0.25) is 0 Å². The summed E-state index contributed by atoms with van der Waals surface area (Å²) >= 11 is 0. The lowest BCUT2D eigenvalue weighted by Gasteiger charge is -2.22. The highest BCUT2D eigenvalue weighted by Gasteiger charge is 2.17. The Hall–Kier alpha value is -1.31. The zero-order valence-corrected chi connectivity index (χ0v) is 14.5. The van der Waals surface area contributed by atoms with Crippen molar-refractivity contribution in [1.82, 2.24) is 0 Å². The Bertz CT molecular complexity index is 469. The van der Waals surface area contributed by atoms with Gasteiger partial charge in [0.2, 0.25) is 0 Å². The van der Waals surface area contributed by atoms with Gasteiger partial charge in [-0.2, -0.15) is 0 Å². The Morgan fingerprint density at radius 3 is 2.48 bits per heavy atom. The number of rotatable bonds is 7. The molecule has 1 atom stereocenters. The van der Waals surface area contributed by atoms with E-state index in [1.165, 1.54) is 11.1 Å². The molecule has 118 valence electrons. The van der Waals surface area contributed by atoms with E-state index in [9.17, 15) is 4.79 Å². The molecular formula is C19H30O2. The largest absolute Gasteiger partial charge is 0.493 e. The highest BCUT2D eigenvalue weighted by Crippen LogP contribution is 2.30. The summed E-state index contributed by atoms with van der Waals surface area (Å²) in [4.78, 5) is 11.3. The maximum Gasteiger partial charge on any atom is 0.130 e. The van der Waals surface area contributed by atoms with Crippen molar-refractivity contribution in [3.8, 4) is 5.75 Å². The minimum atomic E-state index is 0.127. The monoisotopic (exact) mass is 290 g/mol. The third-order valence-corrected chi connectivity index (χ3v) is 3.59. The van der Waals surface area contributed by atoms with E-state index in [-0.39, 0.29) is 11.2 Å². The second-order valence-corrected chi connectivity index (χ2v) is 7.14. The average Bonchev–Trinajstić information content (AvgIpc) is 2.35. The zero-order chi connectivity index (χ0) is 16.0. The molecule has 0 radical (unpaired) electrons. The topological polar surface area (TPSA) is 26.3 Å². The third kappa shape index (κ3) is 5.91. The van der Waals surface area contributed by atoms with Crippen molar-refractivity contribution in [2.24, 2.45) is 5.92 Å². The van der Waals surface area contributed by atoms with E-state index in [2.05, 4.69) is 52.8 Å². The number of carbonyl (C=O) groups is 1. The summed E-state index contributed by atoms with van der Waals surface area (Å²) in [6.45, 7) is 13.3. The summed E-state index contributed by atoms with van der Waals surface area (Å²) in [7, 11) is 0. The van der Waals surface area contributed by atoms with Crippen LogP contribution in [0.1, 0.15) is 65.5 Å². The first-order valence-electron chi connectivity index (χ1n) is 7.99. The van der Waals surface area contributed by atoms with Crippen LogP contribution in [0.15, 0.2) is 18.2 Å². The molecule has 0 spiro atoms. The van der Waals surface area contributed by atoms with Crippen LogP contribution in [-0.2, 0) is 16.6 Å². The number of Topliss-reactive ketones (excluding diaryl/α,β-unsaturated/α-hetero) is 1. The molecule has 1 aromatic carbocycles. The Morgan fingerprint density at radius 1 is 1.29 bits per heavy atom. The Kier molecular flexibility index (Phi) is 6.44. The standard InChI is InChI=1S/C19H30O2/c1-7-10-21-18-9-8-17(19(4,5)6)13-16(18)12-14(2)11-15(3)20/h8-9,13-14H,7,10-12H2,1-6H3. The minimum absolute atomic E-state index is 0.127. The molecule has 0 heterocycles. The van der Waals surface area contributed by atoms with Crippen molar-refractivity contribution in [3.63, 3.8) is 0 Å². The molecule has 2 heteroatoms. The first kappa shape index (κ1) is 17.7. The molecule has 1 unspecified atom stereocenters. The summed E-state index contributed by atoms with van der Waals surface area (Å²) in [5, 5.41) is 0. The second-order valence-electron chi connectivity index (χ2n) is 7.14. The summed E-state index contributed by atoms with van der Waals surface area (Å²) < 4.78 is 5.87. The number of ketones is 1. The molecule has 0 aliphatic rings. The van der Waals surface area contributed by atoms with Gasteiger partial charge in [-0.1, -0.05) is 46.8 Å². The molecule has 0 amide bonds. The molecular weight excluding hydrogens is 260 g/mol. The highest BCUT2D eigenvalue weighted by molar-refractivity contribution is 5.75. The van der Waals surface area contributed by atoms with Gasteiger partial charge in [0.1, 0.15) is 11.5 Å². The van der Waals surface area contributed by atoms with E-state index in [1.54, 1.807) is 6.92 Å². The third-order valence-electron chi connectivity index (χ3n) is 3.59. The van der Waals surface area contributed by atoms with Crippen molar-refractivity contribution in [2.45, 2.75) is 66.2 Å². The molecule has 0 aliphatic heterocycles. The SMILES string of the molecule is CCCOc1ccc(C(C)(C)C)cc1CC(C)CC(C)=O. The van der Waals surface area contributed by atoms with Gasteiger partial charge in [-0.15, -0.1) is 0 Å². The summed E-state index contributed by atoms with van der Waals surface area (Å²) in [6.07, 6.45) is 2.53. The van der Waals surface area contributed by atoms with Crippen molar-refractivity contribution < 1.29 is 9.53 Å². The van der Waals surface area contributed by atoms with Gasteiger partial charge in [-0.25, -0.2) is 0 Å². The van der Waals surface area contributed by atoms with Crippen LogP contribution in [0.4, 0.5) is 0 Å². The zero-order valence-electron chi connectivity index (χ0n) is 14.5. The molecule has 0 saturated carbocycles. The number of carbonyl (C=O) groups excluding carboxylic acids is 1. The Balaban J connectivity index is 3.01. The van der Waals surface area contributed by atoms with Crippen molar-refractivity contribution in [2.75, 3.05) is 6.61 Å². The van der Waals surface area contributed by atoms with Crippen LogP contribution in [0.3, 0.4) is 0 Å². The van der Waals surface area contributed by atoms with Gasteiger partial charge in [0.15, 0.2) is 0 Å². The summed E-state index contributed by atoms with van der Waals surface area (Å²) in [5.41, 5.74) is 2.67. The van der Waals surface area contributed by atoms with Gasteiger partial charge in [0.25, 0.3) is 0 Å². The van der Waals surface area contributed by atoms with E-state index >= 15 is 0 Å². The highest BCUT2D eigenvalue weighted by atomic mass is 16.5. The first-order chi connectivity index (χ1) is 9.74. The van der Waals surface area contributed by atoms with Crippen LogP contribution in [0, 0.1) is 5.92 Å². The fraction of sp³-hybridized carbons (Fsp3) is 0.632. The predicted octanol–water partition coefficient (Wildman–Crippen LogP) is 4.93. The molecule has 0 bridgehead atoms. The molecule has 1 rings (SSSR count). The maximum absolute atomic E-state index is 11.3. The molecule has 0 fully saturated rings. The van der Waals surface area contributed by atoms with E-state index in [1.807, 2.05) is 0 Å².